The lowest BCUT2D eigenvalue weighted by Crippen LogP contribution is -2.12. The highest BCUT2D eigenvalue weighted by Crippen LogP contribution is 2.36. The van der Waals surface area contributed by atoms with Gasteiger partial charge in [0, 0.05) is 11.1 Å². The Morgan fingerprint density at radius 1 is 1.05 bits per heavy atom. The van der Waals surface area contributed by atoms with Gasteiger partial charge >= 0.3 is 12.4 Å². The first-order valence-corrected chi connectivity index (χ1v) is 5.87. The molecule has 0 saturated carbocycles. The molecule has 0 amide bonds. The van der Waals surface area contributed by atoms with Crippen LogP contribution in [0.15, 0.2) is 24.3 Å². The van der Waals surface area contributed by atoms with Crippen molar-refractivity contribution in [3.63, 3.8) is 0 Å². The fraction of sp³-hybridized carbons (Fsp3) is 0.308. The van der Waals surface area contributed by atoms with Gasteiger partial charge in [0.2, 0.25) is 0 Å². The number of rotatable bonds is 2. The predicted molar refractivity (Wildman–Crippen MR) is 63.5 cm³/mol. The van der Waals surface area contributed by atoms with Gasteiger partial charge in [0.1, 0.15) is 5.69 Å². The monoisotopic (exact) mass is 308 g/mol. The minimum absolute atomic E-state index is 0.0408. The third kappa shape index (κ3) is 3.37. The number of H-pyrrole nitrogens is 1. The molecule has 114 valence electrons. The summed E-state index contributed by atoms with van der Waals surface area (Å²) in [6.45, 7) is 1.17. The van der Waals surface area contributed by atoms with Gasteiger partial charge in [-0.05, 0) is 12.5 Å². The van der Waals surface area contributed by atoms with Crippen LogP contribution in [-0.4, -0.2) is 16.4 Å². The number of aromatic amines is 1. The highest BCUT2D eigenvalue weighted by molar-refractivity contribution is 5.67. The zero-order chi connectivity index (χ0) is 15.8. The topological polar surface area (TPSA) is 28.7 Å². The number of hydrogen-bond acceptors (Lipinski definition) is 1. The number of aromatic nitrogens is 2. The molecule has 0 aliphatic carbocycles. The second-order valence-corrected chi connectivity index (χ2v) is 4.52. The second-order valence-electron chi connectivity index (χ2n) is 4.52. The number of halogens is 6. The molecule has 0 radical (unpaired) electrons. The summed E-state index contributed by atoms with van der Waals surface area (Å²) in [5.74, 6) is 0. The maximum Gasteiger partial charge on any atom is 0.433 e. The van der Waals surface area contributed by atoms with E-state index in [2.05, 4.69) is 5.10 Å². The van der Waals surface area contributed by atoms with Crippen LogP contribution in [0, 0.1) is 6.92 Å². The molecule has 0 atom stereocenters. The summed E-state index contributed by atoms with van der Waals surface area (Å²) in [6.07, 6.45) is -10.3. The summed E-state index contributed by atoms with van der Waals surface area (Å²) in [7, 11) is 0. The lowest BCUT2D eigenvalue weighted by atomic mass is 9.99. The summed E-state index contributed by atoms with van der Waals surface area (Å²) in [6, 6.07) is 5.41. The number of nitrogens with zero attached hydrogens (tertiary/aromatic N) is 1. The molecule has 0 aliphatic rings. The van der Waals surface area contributed by atoms with E-state index in [0.29, 0.717) is 0 Å². The first kappa shape index (κ1) is 15.4. The van der Waals surface area contributed by atoms with E-state index in [1.54, 1.807) is 0 Å². The Bertz CT molecular complexity index is 639. The quantitative estimate of drug-likeness (QED) is 0.813. The van der Waals surface area contributed by atoms with E-state index < -0.39 is 24.5 Å². The van der Waals surface area contributed by atoms with Gasteiger partial charge < -0.3 is 0 Å². The van der Waals surface area contributed by atoms with Crippen molar-refractivity contribution in [2.75, 3.05) is 0 Å². The van der Waals surface area contributed by atoms with Gasteiger partial charge in [0.05, 0.1) is 12.1 Å². The fourth-order valence-corrected chi connectivity index (χ4v) is 2.06. The summed E-state index contributed by atoms with van der Waals surface area (Å²) in [4.78, 5) is 0. The van der Waals surface area contributed by atoms with E-state index in [1.165, 1.54) is 31.2 Å². The van der Waals surface area contributed by atoms with Gasteiger partial charge in [0.25, 0.3) is 0 Å². The van der Waals surface area contributed by atoms with Crippen molar-refractivity contribution in [3.8, 4) is 11.3 Å². The maximum atomic E-state index is 12.7. The first-order valence-electron chi connectivity index (χ1n) is 5.87. The Balaban J connectivity index is 2.51. The van der Waals surface area contributed by atoms with Gasteiger partial charge in [-0.2, -0.15) is 31.4 Å². The smallest absolute Gasteiger partial charge is 0.273 e. The first-order chi connectivity index (χ1) is 9.59. The SMILES string of the molecule is Cc1c(-c2ccccc2CC(F)(F)F)n[nH]c1C(F)(F)F. The molecule has 2 nitrogen and oxygen atoms in total. The molecule has 21 heavy (non-hydrogen) atoms. The number of hydrogen-bond donors (Lipinski definition) is 1. The molecular formula is C13H10F6N2. The zero-order valence-electron chi connectivity index (χ0n) is 10.7. The minimum atomic E-state index is -4.63. The molecule has 0 spiro atoms. The molecule has 0 aliphatic heterocycles. The van der Waals surface area contributed by atoms with E-state index in [0.717, 1.165) is 0 Å². The van der Waals surface area contributed by atoms with Gasteiger partial charge in [-0.15, -0.1) is 0 Å². The molecule has 0 saturated heterocycles. The zero-order valence-corrected chi connectivity index (χ0v) is 10.7. The lowest BCUT2D eigenvalue weighted by molar-refractivity contribution is -0.141. The van der Waals surface area contributed by atoms with Crippen LogP contribution in [0.3, 0.4) is 0 Å². The van der Waals surface area contributed by atoms with Crippen LogP contribution in [0.4, 0.5) is 26.3 Å². The molecule has 1 aromatic heterocycles. The van der Waals surface area contributed by atoms with Gasteiger partial charge in [-0.25, -0.2) is 0 Å². The second kappa shape index (κ2) is 5.09. The van der Waals surface area contributed by atoms with Crippen LogP contribution >= 0.6 is 0 Å². The molecule has 1 heterocycles. The van der Waals surface area contributed by atoms with Crippen molar-refractivity contribution in [3.05, 3.63) is 41.1 Å². The third-order valence-electron chi connectivity index (χ3n) is 2.96. The molecule has 0 unspecified atom stereocenters. The average molecular weight is 308 g/mol. The number of nitrogens with one attached hydrogen (secondary N) is 1. The molecule has 1 N–H and O–H groups in total. The molecule has 8 heteroatoms. The number of benzene rings is 1. The van der Waals surface area contributed by atoms with Crippen LogP contribution in [-0.2, 0) is 12.6 Å². The van der Waals surface area contributed by atoms with E-state index in [4.69, 9.17) is 0 Å². The number of alkyl halides is 6. The van der Waals surface area contributed by atoms with Crippen molar-refractivity contribution in [2.45, 2.75) is 25.7 Å². The summed E-state index contributed by atoms with van der Waals surface area (Å²) in [5.41, 5.74) is -1.48. The summed E-state index contributed by atoms with van der Waals surface area (Å²) >= 11 is 0. The van der Waals surface area contributed by atoms with Crippen molar-refractivity contribution in [2.24, 2.45) is 0 Å². The van der Waals surface area contributed by atoms with Gasteiger partial charge in [-0.1, -0.05) is 24.3 Å². The van der Waals surface area contributed by atoms with Crippen molar-refractivity contribution >= 4 is 0 Å². The van der Waals surface area contributed by atoms with E-state index >= 15 is 0 Å². The highest BCUT2D eigenvalue weighted by Gasteiger charge is 2.36. The van der Waals surface area contributed by atoms with Crippen LogP contribution in [0.2, 0.25) is 0 Å². The Hall–Kier alpha value is -1.99. The van der Waals surface area contributed by atoms with E-state index in [1.807, 2.05) is 5.10 Å². The summed E-state index contributed by atoms with van der Waals surface area (Å²) < 4.78 is 75.7. The molecule has 2 aromatic rings. The Morgan fingerprint density at radius 3 is 2.19 bits per heavy atom. The van der Waals surface area contributed by atoms with Crippen LogP contribution in [0.1, 0.15) is 16.8 Å². The van der Waals surface area contributed by atoms with Crippen LogP contribution in [0.25, 0.3) is 11.3 Å². The average Bonchev–Trinajstić information content (AvgIpc) is 2.69. The van der Waals surface area contributed by atoms with Crippen LogP contribution < -0.4 is 0 Å². The van der Waals surface area contributed by atoms with Gasteiger partial charge in [0.15, 0.2) is 0 Å². The maximum absolute atomic E-state index is 12.7. The molecule has 0 fully saturated rings. The summed E-state index contributed by atoms with van der Waals surface area (Å²) in [5, 5.41) is 5.38. The normalized spacial score (nSPS) is 12.7. The largest absolute Gasteiger partial charge is 0.433 e. The Morgan fingerprint density at radius 2 is 1.67 bits per heavy atom. The van der Waals surface area contributed by atoms with Crippen molar-refractivity contribution in [1.29, 1.82) is 0 Å². The highest BCUT2D eigenvalue weighted by atomic mass is 19.4. The van der Waals surface area contributed by atoms with Crippen LogP contribution in [0.5, 0.6) is 0 Å². The lowest BCUT2D eigenvalue weighted by Gasteiger charge is -2.11. The Labute approximate surface area is 115 Å². The molecule has 2 rings (SSSR count). The molecule has 0 bridgehead atoms. The van der Waals surface area contributed by atoms with E-state index in [9.17, 15) is 26.3 Å². The van der Waals surface area contributed by atoms with E-state index in [-0.39, 0.29) is 22.4 Å². The minimum Gasteiger partial charge on any atom is -0.273 e. The van der Waals surface area contributed by atoms with Crippen molar-refractivity contribution in [1.82, 2.24) is 10.2 Å². The molecule has 1 aromatic carbocycles. The Kier molecular flexibility index (Phi) is 3.73. The standard InChI is InChI=1S/C13H10F6N2/c1-7-10(20-21-11(7)13(17,18)19)9-5-3-2-4-8(9)6-12(14,15)16/h2-5H,6H2,1H3,(H,20,21). The molecular weight excluding hydrogens is 298 g/mol. The van der Waals surface area contributed by atoms with Crippen molar-refractivity contribution < 1.29 is 26.3 Å². The predicted octanol–water partition coefficient (Wildman–Crippen LogP) is 4.51. The third-order valence-corrected chi connectivity index (χ3v) is 2.96. The fourth-order valence-electron chi connectivity index (χ4n) is 2.06. The van der Waals surface area contributed by atoms with Gasteiger partial charge in [-0.3, -0.25) is 5.10 Å².